The number of pyridine rings is 1. The summed E-state index contributed by atoms with van der Waals surface area (Å²) in [5, 5.41) is 11.0. The zero-order chi connectivity index (χ0) is 12.4. The van der Waals surface area contributed by atoms with Crippen LogP contribution in [0.4, 0.5) is 5.69 Å². The molecule has 0 radical (unpaired) electrons. The fourth-order valence-corrected chi connectivity index (χ4v) is 1.89. The van der Waals surface area contributed by atoms with Crippen LogP contribution in [0.2, 0.25) is 5.02 Å². The zero-order valence-electron chi connectivity index (χ0n) is 9.05. The van der Waals surface area contributed by atoms with Crippen molar-refractivity contribution in [1.82, 2.24) is 4.98 Å². The molecule has 17 heavy (non-hydrogen) atoms. The molecule has 0 N–H and O–H groups in total. The van der Waals surface area contributed by atoms with E-state index >= 15 is 0 Å². The summed E-state index contributed by atoms with van der Waals surface area (Å²) < 4.78 is 0. The molecular formula is C12H9ClN2O2. The number of aromatic nitrogens is 1. The second-order valence-electron chi connectivity index (χ2n) is 3.61. The van der Waals surface area contributed by atoms with Crippen LogP contribution >= 0.6 is 11.6 Å². The molecule has 0 spiro atoms. The van der Waals surface area contributed by atoms with Gasteiger partial charge in [-0.15, -0.1) is 0 Å². The molecule has 0 amide bonds. The van der Waals surface area contributed by atoms with Crippen molar-refractivity contribution in [3.8, 4) is 11.1 Å². The van der Waals surface area contributed by atoms with E-state index in [4.69, 9.17) is 11.6 Å². The van der Waals surface area contributed by atoms with Crippen molar-refractivity contribution in [2.24, 2.45) is 0 Å². The molecule has 0 bridgehead atoms. The predicted octanol–water partition coefficient (Wildman–Crippen LogP) is 3.62. The Bertz CT molecular complexity index is 584. The molecule has 0 fully saturated rings. The number of rotatable bonds is 2. The maximum Gasteiger partial charge on any atom is 0.270 e. The summed E-state index contributed by atoms with van der Waals surface area (Å²) in [5.74, 6) is 0. The van der Waals surface area contributed by atoms with Crippen molar-refractivity contribution in [2.75, 3.05) is 0 Å². The normalized spacial score (nSPS) is 10.2. The third kappa shape index (κ3) is 2.26. The van der Waals surface area contributed by atoms with Gasteiger partial charge in [0.2, 0.25) is 0 Å². The first-order valence-corrected chi connectivity index (χ1v) is 5.32. The molecule has 2 aromatic rings. The summed E-state index contributed by atoms with van der Waals surface area (Å²) in [7, 11) is 0. The third-order valence-electron chi connectivity index (χ3n) is 2.47. The van der Waals surface area contributed by atoms with Crippen LogP contribution < -0.4 is 0 Å². The van der Waals surface area contributed by atoms with Gasteiger partial charge >= 0.3 is 0 Å². The van der Waals surface area contributed by atoms with Gasteiger partial charge in [0.15, 0.2) is 0 Å². The Hall–Kier alpha value is -1.94. The Balaban J connectivity index is 2.55. The van der Waals surface area contributed by atoms with E-state index in [0.29, 0.717) is 5.02 Å². The zero-order valence-corrected chi connectivity index (χ0v) is 9.81. The van der Waals surface area contributed by atoms with Crippen molar-refractivity contribution >= 4 is 17.3 Å². The lowest BCUT2D eigenvalue weighted by molar-refractivity contribution is -0.384. The minimum absolute atomic E-state index is 0.00883. The third-order valence-corrected chi connectivity index (χ3v) is 2.79. The number of non-ortho nitro benzene ring substituents is 1. The van der Waals surface area contributed by atoms with Gasteiger partial charge in [-0.3, -0.25) is 15.1 Å². The fraction of sp³-hybridized carbons (Fsp3) is 0.0833. The average molecular weight is 249 g/mol. The average Bonchev–Trinajstić information content (AvgIpc) is 2.30. The molecule has 0 saturated carbocycles. The lowest BCUT2D eigenvalue weighted by atomic mass is 10.0. The largest absolute Gasteiger partial charge is 0.270 e. The van der Waals surface area contributed by atoms with Gasteiger partial charge in [-0.1, -0.05) is 11.6 Å². The molecule has 0 unspecified atom stereocenters. The summed E-state index contributed by atoms with van der Waals surface area (Å²) in [6.07, 6.45) is 3.40. The number of nitro groups is 1. The van der Waals surface area contributed by atoms with Crippen molar-refractivity contribution < 1.29 is 4.92 Å². The van der Waals surface area contributed by atoms with Crippen LogP contribution in [-0.2, 0) is 0 Å². The smallest absolute Gasteiger partial charge is 0.264 e. The lowest BCUT2D eigenvalue weighted by Gasteiger charge is -2.06. The van der Waals surface area contributed by atoms with E-state index in [2.05, 4.69) is 4.98 Å². The van der Waals surface area contributed by atoms with Gasteiger partial charge in [-0.25, -0.2) is 0 Å². The molecule has 86 valence electrons. The van der Waals surface area contributed by atoms with Gasteiger partial charge in [0.25, 0.3) is 5.69 Å². The highest BCUT2D eigenvalue weighted by atomic mass is 35.5. The SMILES string of the molecule is Cc1cnccc1-c1ccc([N+](=O)[O-])cc1Cl. The Morgan fingerprint density at radius 3 is 2.65 bits per heavy atom. The summed E-state index contributed by atoms with van der Waals surface area (Å²) in [4.78, 5) is 14.1. The van der Waals surface area contributed by atoms with E-state index in [-0.39, 0.29) is 5.69 Å². The first-order chi connectivity index (χ1) is 8.09. The maximum atomic E-state index is 10.6. The summed E-state index contributed by atoms with van der Waals surface area (Å²) in [6, 6.07) is 6.29. The van der Waals surface area contributed by atoms with E-state index in [1.807, 2.05) is 13.0 Å². The minimum Gasteiger partial charge on any atom is -0.264 e. The number of aryl methyl sites for hydroxylation is 1. The quantitative estimate of drug-likeness (QED) is 0.602. The summed E-state index contributed by atoms with van der Waals surface area (Å²) in [5.41, 5.74) is 2.67. The van der Waals surface area contributed by atoms with Crippen molar-refractivity contribution in [3.63, 3.8) is 0 Å². The van der Waals surface area contributed by atoms with Crippen LogP contribution in [0.25, 0.3) is 11.1 Å². The highest BCUT2D eigenvalue weighted by Gasteiger charge is 2.11. The number of halogens is 1. The van der Waals surface area contributed by atoms with Crippen LogP contribution in [0, 0.1) is 17.0 Å². The van der Waals surface area contributed by atoms with Crippen LogP contribution in [-0.4, -0.2) is 9.91 Å². The number of nitrogens with zero attached hydrogens (tertiary/aromatic N) is 2. The van der Waals surface area contributed by atoms with E-state index in [0.717, 1.165) is 16.7 Å². The molecule has 1 heterocycles. The number of hydrogen-bond acceptors (Lipinski definition) is 3. The Morgan fingerprint density at radius 1 is 1.29 bits per heavy atom. The molecule has 1 aromatic carbocycles. The molecule has 0 aliphatic carbocycles. The molecule has 0 atom stereocenters. The minimum atomic E-state index is -0.463. The molecule has 5 heteroatoms. The van der Waals surface area contributed by atoms with Gasteiger partial charge in [-0.2, -0.15) is 0 Å². The summed E-state index contributed by atoms with van der Waals surface area (Å²) >= 11 is 6.06. The first-order valence-electron chi connectivity index (χ1n) is 4.94. The van der Waals surface area contributed by atoms with Crippen LogP contribution in [0.1, 0.15) is 5.56 Å². The fourth-order valence-electron chi connectivity index (χ4n) is 1.61. The van der Waals surface area contributed by atoms with E-state index in [1.54, 1.807) is 18.5 Å². The predicted molar refractivity (Wildman–Crippen MR) is 66.1 cm³/mol. The molecule has 0 aliphatic heterocycles. The monoisotopic (exact) mass is 248 g/mol. The first kappa shape index (κ1) is 11.5. The molecule has 2 rings (SSSR count). The van der Waals surface area contributed by atoms with E-state index < -0.39 is 4.92 Å². The molecule has 4 nitrogen and oxygen atoms in total. The molecule has 0 saturated heterocycles. The van der Waals surface area contributed by atoms with E-state index in [1.165, 1.54) is 12.1 Å². The van der Waals surface area contributed by atoms with Crippen LogP contribution in [0.5, 0.6) is 0 Å². The maximum absolute atomic E-state index is 10.6. The Kier molecular flexibility index (Phi) is 3.06. The number of hydrogen-bond donors (Lipinski definition) is 0. The Labute approximate surface area is 103 Å². The topological polar surface area (TPSA) is 56.0 Å². The van der Waals surface area contributed by atoms with Crippen LogP contribution in [0.15, 0.2) is 36.7 Å². The van der Waals surface area contributed by atoms with Crippen molar-refractivity contribution in [2.45, 2.75) is 6.92 Å². The number of nitro benzene ring substituents is 1. The van der Waals surface area contributed by atoms with Crippen molar-refractivity contribution in [3.05, 3.63) is 57.4 Å². The highest BCUT2D eigenvalue weighted by Crippen LogP contribution is 2.32. The number of benzene rings is 1. The molecular weight excluding hydrogens is 240 g/mol. The van der Waals surface area contributed by atoms with Gasteiger partial charge < -0.3 is 0 Å². The van der Waals surface area contributed by atoms with Crippen molar-refractivity contribution in [1.29, 1.82) is 0 Å². The van der Waals surface area contributed by atoms with E-state index in [9.17, 15) is 10.1 Å². The summed E-state index contributed by atoms with van der Waals surface area (Å²) in [6.45, 7) is 1.92. The highest BCUT2D eigenvalue weighted by molar-refractivity contribution is 6.33. The van der Waals surface area contributed by atoms with Gasteiger partial charge in [-0.05, 0) is 30.2 Å². The van der Waals surface area contributed by atoms with Gasteiger partial charge in [0.05, 0.1) is 9.95 Å². The lowest BCUT2D eigenvalue weighted by Crippen LogP contribution is -1.90. The van der Waals surface area contributed by atoms with Gasteiger partial charge in [0, 0.05) is 30.1 Å². The van der Waals surface area contributed by atoms with Gasteiger partial charge in [0.1, 0.15) is 0 Å². The van der Waals surface area contributed by atoms with Crippen LogP contribution in [0.3, 0.4) is 0 Å². The Morgan fingerprint density at radius 2 is 2.06 bits per heavy atom. The second-order valence-corrected chi connectivity index (χ2v) is 4.02. The second kappa shape index (κ2) is 4.51. The molecule has 0 aliphatic rings. The molecule has 1 aromatic heterocycles. The standard InChI is InChI=1S/C12H9ClN2O2/c1-8-7-14-5-4-10(8)11-3-2-9(15(16)17)6-12(11)13/h2-7H,1H3.